The predicted octanol–water partition coefficient (Wildman–Crippen LogP) is 4.89. The monoisotopic (exact) mass is 446 g/mol. The third kappa shape index (κ3) is 4.76. The van der Waals surface area contributed by atoms with Crippen LogP contribution < -0.4 is 14.8 Å². The van der Waals surface area contributed by atoms with Gasteiger partial charge < -0.3 is 24.1 Å². The van der Waals surface area contributed by atoms with Gasteiger partial charge in [0.25, 0.3) is 5.91 Å². The molecular weight excluding hydrogens is 416 g/mol. The number of furan rings is 1. The highest BCUT2D eigenvalue weighted by Gasteiger charge is 2.39. The molecule has 2 bridgehead atoms. The molecule has 0 unspecified atom stereocenters. The Hall–Kier alpha value is -3.25. The van der Waals surface area contributed by atoms with Crippen LogP contribution in [0.1, 0.15) is 41.8 Å². The summed E-state index contributed by atoms with van der Waals surface area (Å²) in [4.78, 5) is 15.1. The number of carbonyl (C=O) groups is 1. The molecule has 3 aromatic rings. The molecule has 3 atom stereocenters. The summed E-state index contributed by atoms with van der Waals surface area (Å²) in [5, 5.41) is 2.94. The molecule has 0 aliphatic carbocycles. The zero-order valence-electron chi connectivity index (χ0n) is 19.1. The number of hydrogen-bond donors (Lipinski definition) is 1. The fraction of sp³-hybridized carbons (Fsp3) is 0.370. The number of fused-ring (bicyclic) bond motifs is 2. The van der Waals surface area contributed by atoms with Gasteiger partial charge in [-0.25, -0.2) is 0 Å². The number of nitrogens with one attached hydrogen (secondary N) is 1. The van der Waals surface area contributed by atoms with Gasteiger partial charge in [0, 0.05) is 24.2 Å². The maximum atomic E-state index is 12.6. The van der Waals surface area contributed by atoms with E-state index in [0.717, 1.165) is 35.5 Å². The quantitative estimate of drug-likeness (QED) is 0.560. The molecule has 1 N–H and O–H groups in total. The Morgan fingerprint density at radius 1 is 1.03 bits per heavy atom. The molecule has 3 heterocycles. The summed E-state index contributed by atoms with van der Waals surface area (Å²) in [5.74, 6) is 2.33. The van der Waals surface area contributed by atoms with Gasteiger partial charge in [0.15, 0.2) is 5.76 Å². The van der Waals surface area contributed by atoms with E-state index in [1.807, 2.05) is 48.5 Å². The predicted molar refractivity (Wildman–Crippen MR) is 127 cm³/mol. The lowest BCUT2D eigenvalue weighted by Crippen LogP contribution is -2.43. The molecular formula is C27H30N2O4. The Morgan fingerprint density at radius 2 is 1.79 bits per heavy atom. The minimum atomic E-state index is -0.243. The lowest BCUT2D eigenvalue weighted by atomic mass is 10.0. The highest BCUT2D eigenvalue weighted by molar-refractivity contribution is 5.92. The van der Waals surface area contributed by atoms with E-state index in [-0.39, 0.29) is 17.8 Å². The van der Waals surface area contributed by atoms with Crippen LogP contribution in [0.2, 0.25) is 0 Å². The molecule has 0 radical (unpaired) electrons. The van der Waals surface area contributed by atoms with Crippen LogP contribution in [0.5, 0.6) is 11.5 Å². The number of methoxy groups -OCH3 is 1. The maximum absolute atomic E-state index is 12.6. The second-order valence-corrected chi connectivity index (χ2v) is 8.98. The highest BCUT2D eigenvalue weighted by Crippen LogP contribution is 2.36. The van der Waals surface area contributed by atoms with Crippen LogP contribution in [-0.2, 0) is 6.54 Å². The van der Waals surface area contributed by atoms with Gasteiger partial charge in [-0.05, 0) is 86.8 Å². The van der Waals surface area contributed by atoms with Gasteiger partial charge in [0.2, 0.25) is 0 Å². The second kappa shape index (κ2) is 9.32. The number of benzene rings is 2. The van der Waals surface area contributed by atoms with E-state index in [4.69, 9.17) is 13.9 Å². The first-order chi connectivity index (χ1) is 16.1. The van der Waals surface area contributed by atoms with Gasteiger partial charge in [-0.2, -0.15) is 0 Å². The number of rotatable bonds is 7. The highest BCUT2D eigenvalue weighted by atomic mass is 16.5. The number of ether oxygens (including phenoxy) is 2. The van der Waals surface area contributed by atoms with E-state index in [9.17, 15) is 4.79 Å². The summed E-state index contributed by atoms with van der Waals surface area (Å²) >= 11 is 0. The summed E-state index contributed by atoms with van der Waals surface area (Å²) in [6.45, 7) is 0.410. The Balaban J connectivity index is 1.17. The van der Waals surface area contributed by atoms with Gasteiger partial charge in [-0.15, -0.1) is 0 Å². The standard InChI is InChI=1S/C27H30N2O4/c1-29-20-8-9-21(29)16-24(15-20)32-23-5-3-4-18(14-23)17-28-27(30)26-13-12-25(33-26)19-6-10-22(31-2)11-7-19/h3-7,10-14,20-21,24H,8-9,15-17H2,1-2H3,(H,28,30)/t20-,21+,24+. The van der Waals surface area contributed by atoms with E-state index >= 15 is 0 Å². The number of nitrogens with zero attached hydrogens (tertiary/aromatic N) is 1. The summed E-state index contributed by atoms with van der Waals surface area (Å²) < 4.78 is 17.3. The van der Waals surface area contributed by atoms with Crippen molar-refractivity contribution in [2.75, 3.05) is 14.2 Å². The SMILES string of the molecule is COc1ccc(-c2ccc(C(=O)NCc3cccc(O[C@H]4C[C@H]5CC[C@@H](C4)N5C)c3)o2)cc1. The lowest BCUT2D eigenvalue weighted by Gasteiger charge is -2.36. The summed E-state index contributed by atoms with van der Waals surface area (Å²) in [7, 11) is 3.87. The van der Waals surface area contributed by atoms with Crippen molar-refractivity contribution in [1.29, 1.82) is 0 Å². The largest absolute Gasteiger partial charge is 0.497 e. The molecule has 6 nitrogen and oxygen atoms in total. The van der Waals surface area contributed by atoms with Gasteiger partial charge in [0.05, 0.1) is 7.11 Å². The van der Waals surface area contributed by atoms with Crippen molar-refractivity contribution in [1.82, 2.24) is 10.2 Å². The minimum absolute atomic E-state index is 0.243. The van der Waals surface area contributed by atoms with Crippen molar-refractivity contribution >= 4 is 5.91 Å². The lowest BCUT2D eigenvalue weighted by molar-refractivity contribution is 0.0661. The average Bonchev–Trinajstić information content (AvgIpc) is 3.40. The van der Waals surface area contributed by atoms with Gasteiger partial charge in [0.1, 0.15) is 23.4 Å². The third-order valence-electron chi connectivity index (χ3n) is 6.91. The van der Waals surface area contributed by atoms with E-state index in [2.05, 4.69) is 17.3 Å². The first-order valence-electron chi connectivity index (χ1n) is 11.6. The molecule has 2 aliphatic heterocycles. The number of carbonyl (C=O) groups excluding carboxylic acids is 1. The van der Waals surface area contributed by atoms with Crippen LogP contribution in [-0.4, -0.2) is 43.2 Å². The summed E-state index contributed by atoms with van der Waals surface area (Å²) in [5.41, 5.74) is 1.89. The van der Waals surface area contributed by atoms with Crippen LogP contribution in [0, 0.1) is 0 Å². The van der Waals surface area contributed by atoms with Gasteiger partial charge in [-0.1, -0.05) is 12.1 Å². The normalized spacial score (nSPS) is 22.2. The number of amides is 1. The molecule has 6 heteroatoms. The maximum Gasteiger partial charge on any atom is 0.287 e. The van der Waals surface area contributed by atoms with Crippen molar-refractivity contribution in [3.63, 3.8) is 0 Å². The Kier molecular flexibility index (Phi) is 6.09. The van der Waals surface area contributed by atoms with Crippen LogP contribution in [0.3, 0.4) is 0 Å². The molecule has 0 spiro atoms. The molecule has 33 heavy (non-hydrogen) atoms. The van der Waals surface area contributed by atoms with Gasteiger partial charge >= 0.3 is 0 Å². The topological polar surface area (TPSA) is 63.9 Å². The van der Waals surface area contributed by atoms with Crippen LogP contribution in [0.25, 0.3) is 11.3 Å². The zero-order chi connectivity index (χ0) is 22.8. The van der Waals surface area contributed by atoms with Crippen LogP contribution >= 0.6 is 0 Å². The molecule has 2 saturated heterocycles. The fourth-order valence-corrected chi connectivity index (χ4v) is 5.02. The molecule has 2 aliphatic rings. The fourth-order valence-electron chi connectivity index (χ4n) is 5.02. The van der Waals surface area contributed by atoms with E-state index in [1.165, 1.54) is 12.8 Å². The summed E-state index contributed by atoms with van der Waals surface area (Å²) in [6, 6.07) is 20.3. The van der Waals surface area contributed by atoms with E-state index in [1.54, 1.807) is 19.2 Å². The Bertz CT molecular complexity index is 1090. The molecule has 5 rings (SSSR count). The molecule has 172 valence electrons. The van der Waals surface area contributed by atoms with Gasteiger partial charge in [-0.3, -0.25) is 4.79 Å². The Labute approximate surface area is 194 Å². The average molecular weight is 447 g/mol. The van der Waals surface area contributed by atoms with Crippen molar-refractivity contribution in [2.24, 2.45) is 0 Å². The van der Waals surface area contributed by atoms with Crippen LogP contribution in [0.15, 0.2) is 65.1 Å². The van der Waals surface area contributed by atoms with Crippen molar-refractivity contribution < 1.29 is 18.7 Å². The summed E-state index contributed by atoms with van der Waals surface area (Å²) in [6.07, 6.45) is 4.99. The molecule has 2 aromatic carbocycles. The third-order valence-corrected chi connectivity index (χ3v) is 6.91. The first kappa shape index (κ1) is 21.6. The second-order valence-electron chi connectivity index (χ2n) is 8.98. The van der Waals surface area contributed by atoms with Crippen LogP contribution in [0.4, 0.5) is 0 Å². The van der Waals surface area contributed by atoms with Crippen molar-refractivity contribution in [3.05, 3.63) is 72.0 Å². The Morgan fingerprint density at radius 3 is 2.52 bits per heavy atom. The molecule has 2 fully saturated rings. The molecule has 1 amide bonds. The number of hydrogen-bond acceptors (Lipinski definition) is 5. The first-order valence-corrected chi connectivity index (χ1v) is 11.6. The smallest absolute Gasteiger partial charge is 0.287 e. The zero-order valence-corrected chi connectivity index (χ0v) is 19.1. The van der Waals surface area contributed by atoms with Crippen molar-refractivity contribution in [2.45, 2.75) is 50.4 Å². The van der Waals surface area contributed by atoms with Crippen molar-refractivity contribution in [3.8, 4) is 22.8 Å². The molecule has 0 saturated carbocycles. The minimum Gasteiger partial charge on any atom is -0.497 e. The van der Waals surface area contributed by atoms with E-state index < -0.39 is 0 Å². The number of piperidine rings is 1. The van der Waals surface area contributed by atoms with E-state index in [0.29, 0.717) is 24.4 Å². The molecule has 1 aromatic heterocycles.